The van der Waals surface area contributed by atoms with Gasteiger partial charge in [0.05, 0.1) is 19.8 Å². The molecule has 0 amide bonds. The standard InChI is InChI=1S/C16H19NO3S/c1-10-8-12(19-2)6-4-11(10)5-7-13-9-14(15(17)21-13)16(18)20-3/h4,6,8-9H,5,7,17H2,1-3H3. The van der Waals surface area contributed by atoms with E-state index in [0.717, 1.165) is 23.5 Å². The number of nitrogen functional groups attached to an aromatic ring is 1. The molecule has 0 unspecified atom stereocenters. The highest BCUT2D eigenvalue weighted by molar-refractivity contribution is 7.16. The number of benzene rings is 1. The molecule has 0 aliphatic rings. The summed E-state index contributed by atoms with van der Waals surface area (Å²) in [6.07, 6.45) is 1.75. The maximum absolute atomic E-state index is 11.5. The Kier molecular flexibility index (Phi) is 4.85. The van der Waals surface area contributed by atoms with Crippen LogP contribution in [-0.4, -0.2) is 20.2 Å². The quantitative estimate of drug-likeness (QED) is 0.862. The fourth-order valence-electron chi connectivity index (χ4n) is 2.18. The van der Waals surface area contributed by atoms with Crippen LogP contribution in [0.5, 0.6) is 5.75 Å². The normalized spacial score (nSPS) is 10.4. The second-order valence-electron chi connectivity index (χ2n) is 4.77. The van der Waals surface area contributed by atoms with Crippen LogP contribution in [0.4, 0.5) is 5.00 Å². The van der Waals surface area contributed by atoms with E-state index in [4.69, 9.17) is 15.2 Å². The predicted octanol–water partition coefficient (Wildman–Crippen LogP) is 3.22. The summed E-state index contributed by atoms with van der Waals surface area (Å²) in [4.78, 5) is 12.6. The minimum absolute atomic E-state index is 0.379. The average Bonchev–Trinajstić information content (AvgIpc) is 2.86. The summed E-state index contributed by atoms with van der Waals surface area (Å²) in [5.41, 5.74) is 8.78. The van der Waals surface area contributed by atoms with Crippen molar-refractivity contribution in [2.75, 3.05) is 20.0 Å². The van der Waals surface area contributed by atoms with Gasteiger partial charge in [-0.3, -0.25) is 0 Å². The molecule has 0 aliphatic heterocycles. The number of carbonyl (C=O) groups is 1. The zero-order valence-electron chi connectivity index (χ0n) is 12.4. The Morgan fingerprint density at radius 3 is 2.62 bits per heavy atom. The Balaban J connectivity index is 2.08. The molecule has 1 heterocycles. The highest BCUT2D eigenvalue weighted by Crippen LogP contribution is 2.27. The number of nitrogens with two attached hydrogens (primary N) is 1. The van der Waals surface area contributed by atoms with E-state index in [-0.39, 0.29) is 5.97 Å². The van der Waals surface area contributed by atoms with Gasteiger partial charge in [-0.05, 0) is 49.1 Å². The molecule has 2 N–H and O–H groups in total. The highest BCUT2D eigenvalue weighted by Gasteiger charge is 2.14. The molecule has 0 bridgehead atoms. The molecular formula is C16H19NO3S. The van der Waals surface area contributed by atoms with Crippen LogP contribution in [0.2, 0.25) is 0 Å². The van der Waals surface area contributed by atoms with E-state index in [0.29, 0.717) is 10.6 Å². The van der Waals surface area contributed by atoms with Gasteiger partial charge in [-0.2, -0.15) is 0 Å². The van der Waals surface area contributed by atoms with Crippen LogP contribution in [0.15, 0.2) is 24.3 Å². The van der Waals surface area contributed by atoms with Gasteiger partial charge in [-0.25, -0.2) is 4.79 Å². The molecule has 0 spiro atoms. The molecule has 21 heavy (non-hydrogen) atoms. The Bertz CT molecular complexity index is 649. The van der Waals surface area contributed by atoms with Gasteiger partial charge in [-0.15, -0.1) is 11.3 Å². The summed E-state index contributed by atoms with van der Waals surface area (Å²) < 4.78 is 9.92. The lowest BCUT2D eigenvalue weighted by molar-refractivity contribution is 0.0602. The van der Waals surface area contributed by atoms with Gasteiger partial charge in [0.2, 0.25) is 0 Å². The van der Waals surface area contributed by atoms with Crippen LogP contribution in [0.1, 0.15) is 26.4 Å². The summed E-state index contributed by atoms with van der Waals surface area (Å²) in [5.74, 6) is 0.486. The Morgan fingerprint density at radius 1 is 1.24 bits per heavy atom. The molecule has 0 radical (unpaired) electrons. The van der Waals surface area contributed by atoms with Crippen LogP contribution in [-0.2, 0) is 17.6 Å². The van der Waals surface area contributed by atoms with Crippen molar-refractivity contribution < 1.29 is 14.3 Å². The van der Waals surface area contributed by atoms with E-state index < -0.39 is 0 Å². The summed E-state index contributed by atoms with van der Waals surface area (Å²) in [6, 6.07) is 7.89. The lowest BCUT2D eigenvalue weighted by atomic mass is 10.0. The third-order valence-electron chi connectivity index (χ3n) is 3.41. The molecular weight excluding hydrogens is 286 g/mol. The van der Waals surface area contributed by atoms with Gasteiger partial charge in [0, 0.05) is 4.88 Å². The van der Waals surface area contributed by atoms with E-state index in [1.165, 1.54) is 29.6 Å². The zero-order chi connectivity index (χ0) is 15.4. The van der Waals surface area contributed by atoms with Gasteiger partial charge in [0.15, 0.2) is 0 Å². The Hall–Kier alpha value is -2.01. The van der Waals surface area contributed by atoms with Crippen molar-refractivity contribution in [2.24, 2.45) is 0 Å². The first-order chi connectivity index (χ1) is 10.0. The van der Waals surface area contributed by atoms with Crippen molar-refractivity contribution in [2.45, 2.75) is 19.8 Å². The van der Waals surface area contributed by atoms with Crippen molar-refractivity contribution in [3.63, 3.8) is 0 Å². The highest BCUT2D eigenvalue weighted by atomic mass is 32.1. The maximum atomic E-state index is 11.5. The molecule has 4 nitrogen and oxygen atoms in total. The molecule has 1 aromatic heterocycles. The Labute approximate surface area is 128 Å². The third-order valence-corrected chi connectivity index (χ3v) is 4.43. The number of methoxy groups -OCH3 is 2. The molecule has 2 rings (SSSR count). The second kappa shape index (κ2) is 6.63. The maximum Gasteiger partial charge on any atom is 0.340 e. The van der Waals surface area contributed by atoms with Gasteiger partial charge in [0.25, 0.3) is 0 Å². The SMILES string of the molecule is COC(=O)c1cc(CCc2ccc(OC)cc2C)sc1N. The summed E-state index contributed by atoms with van der Waals surface area (Å²) >= 11 is 1.44. The summed E-state index contributed by atoms with van der Waals surface area (Å²) in [7, 11) is 3.02. The fourth-order valence-corrected chi connectivity index (χ4v) is 3.10. The molecule has 112 valence electrons. The Morgan fingerprint density at radius 2 is 2.00 bits per heavy atom. The second-order valence-corrected chi connectivity index (χ2v) is 5.94. The number of ether oxygens (including phenoxy) is 2. The van der Waals surface area contributed by atoms with E-state index in [1.54, 1.807) is 7.11 Å². The first-order valence-corrected chi connectivity index (χ1v) is 7.46. The minimum atomic E-state index is -0.379. The number of rotatable bonds is 5. The summed E-state index contributed by atoms with van der Waals surface area (Å²) in [6.45, 7) is 2.07. The fraction of sp³-hybridized carbons (Fsp3) is 0.312. The molecule has 0 saturated carbocycles. The number of aryl methyl sites for hydroxylation is 3. The van der Waals surface area contributed by atoms with Crippen molar-refractivity contribution >= 4 is 22.3 Å². The van der Waals surface area contributed by atoms with E-state index in [2.05, 4.69) is 13.0 Å². The molecule has 0 fully saturated rings. The average molecular weight is 305 g/mol. The lowest BCUT2D eigenvalue weighted by Crippen LogP contribution is -2.02. The largest absolute Gasteiger partial charge is 0.497 e. The van der Waals surface area contributed by atoms with E-state index in [9.17, 15) is 4.79 Å². The van der Waals surface area contributed by atoms with Crippen LogP contribution >= 0.6 is 11.3 Å². The summed E-state index contributed by atoms with van der Waals surface area (Å²) in [5, 5.41) is 0.517. The predicted molar refractivity (Wildman–Crippen MR) is 85.2 cm³/mol. The first kappa shape index (κ1) is 15.4. The molecule has 1 aromatic carbocycles. The number of hydrogen-bond acceptors (Lipinski definition) is 5. The molecule has 0 atom stereocenters. The van der Waals surface area contributed by atoms with Crippen molar-refractivity contribution in [3.05, 3.63) is 45.8 Å². The molecule has 5 heteroatoms. The smallest absolute Gasteiger partial charge is 0.340 e. The number of thiophene rings is 1. The zero-order valence-corrected chi connectivity index (χ0v) is 13.3. The van der Waals surface area contributed by atoms with Crippen LogP contribution in [0, 0.1) is 6.92 Å². The molecule has 0 aliphatic carbocycles. The van der Waals surface area contributed by atoms with E-state index >= 15 is 0 Å². The van der Waals surface area contributed by atoms with Gasteiger partial charge >= 0.3 is 5.97 Å². The number of hydrogen-bond donors (Lipinski definition) is 1. The van der Waals surface area contributed by atoms with Gasteiger partial charge in [-0.1, -0.05) is 6.07 Å². The van der Waals surface area contributed by atoms with E-state index in [1.807, 2.05) is 18.2 Å². The monoisotopic (exact) mass is 305 g/mol. The topological polar surface area (TPSA) is 61.5 Å². The van der Waals surface area contributed by atoms with Crippen molar-refractivity contribution in [1.29, 1.82) is 0 Å². The minimum Gasteiger partial charge on any atom is -0.497 e. The molecule has 0 saturated heterocycles. The van der Waals surface area contributed by atoms with Crippen molar-refractivity contribution in [3.8, 4) is 5.75 Å². The number of esters is 1. The van der Waals surface area contributed by atoms with Crippen molar-refractivity contribution in [1.82, 2.24) is 0 Å². The first-order valence-electron chi connectivity index (χ1n) is 6.65. The van der Waals surface area contributed by atoms with Gasteiger partial charge < -0.3 is 15.2 Å². The van der Waals surface area contributed by atoms with Crippen LogP contribution in [0.25, 0.3) is 0 Å². The van der Waals surface area contributed by atoms with Gasteiger partial charge in [0.1, 0.15) is 10.8 Å². The van der Waals surface area contributed by atoms with Crippen LogP contribution in [0.3, 0.4) is 0 Å². The number of carbonyl (C=O) groups excluding carboxylic acids is 1. The lowest BCUT2D eigenvalue weighted by Gasteiger charge is -2.07. The van der Waals surface area contributed by atoms with Crippen LogP contribution < -0.4 is 10.5 Å². The third kappa shape index (κ3) is 3.55. The number of anilines is 1. The molecule has 2 aromatic rings.